The van der Waals surface area contributed by atoms with Gasteiger partial charge in [-0.25, -0.2) is 0 Å². The second kappa shape index (κ2) is 9.19. The van der Waals surface area contributed by atoms with Crippen LogP contribution in [0.5, 0.6) is 0 Å². The number of likely N-dealkylation sites (tertiary alicyclic amines) is 1. The number of benzene rings is 1. The van der Waals surface area contributed by atoms with Crippen LogP contribution in [0.25, 0.3) is 0 Å². The van der Waals surface area contributed by atoms with E-state index < -0.39 is 0 Å². The number of amides is 2. The Bertz CT molecular complexity index is 651. The zero-order chi connectivity index (χ0) is 18.2. The summed E-state index contributed by atoms with van der Waals surface area (Å²) in [5.41, 5.74) is 1.54. The number of carbonyl (C=O) groups is 2. The van der Waals surface area contributed by atoms with Gasteiger partial charge in [0.2, 0.25) is 11.8 Å². The Hall–Kier alpha value is -2.39. The summed E-state index contributed by atoms with van der Waals surface area (Å²) in [6, 6.07) is 9.48. The highest BCUT2D eigenvalue weighted by molar-refractivity contribution is 5.80. The van der Waals surface area contributed by atoms with Crippen LogP contribution in [0.3, 0.4) is 0 Å². The average molecular weight is 342 g/mol. The van der Waals surface area contributed by atoms with Gasteiger partial charge in [0.05, 0.1) is 11.6 Å². The summed E-state index contributed by atoms with van der Waals surface area (Å²) < 4.78 is 0. The predicted molar refractivity (Wildman–Crippen MR) is 95.6 cm³/mol. The molecule has 134 valence electrons. The van der Waals surface area contributed by atoms with Gasteiger partial charge in [-0.1, -0.05) is 12.1 Å². The molecule has 0 aliphatic carbocycles. The van der Waals surface area contributed by atoms with Crippen molar-refractivity contribution in [1.29, 1.82) is 5.26 Å². The minimum Gasteiger partial charge on any atom is -0.342 e. The first-order valence-electron chi connectivity index (χ1n) is 8.69. The number of nitriles is 1. The maximum absolute atomic E-state index is 12.7. The summed E-state index contributed by atoms with van der Waals surface area (Å²) in [5.74, 6) is 0.193. The van der Waals surface area contributed by atoms with Crippen molar-refractivity contribution in [3.63, 3.8) is 0 Å². The minimum atomic E-state index is 0.0453. The van der Waals surface area contributed by atoms with Crippen molar-refractivity contribution < 1.29 is 9.59 Å². The van der Waals surface area contributed by atoms with Crippen LogP contribution >= 0.6 is 0 Å². The monoisotopic (exact) mass is 342 g/mol. The summed E-state index contributed by atoms with van der Waals surface area (Å²) >= 11 is 0. The first-order valence-corrected chi connectivity index (χ1v) is 8.69. The van der Waals surface area contributed by atoms with Crippen LogP contribution in [-0.2, 0) is 16.1 Å². The van der Waals surface area contributed by atoms with Gasteiger partial charge in [0, 0.05) is 45.6 Å². The van der Waals surface area contributed by atoms with Gasteiger partial charge in [-0.05, 0) is 38.2 Å². The molecule has 0 spiro atoms. The molecule has 0 saturated carbocycles. The van der Waals surface area contributed by atoms with Gasteiger partial charge in [-0.3, -0.25) is 9.59 Å². The average Bonchev–Trinajstić information content (AvgIpc) is 3.01. The zero-order valence-corrected chi connectivity index (χ0v) is 15.1. The lowest BCUT2D eigenvalue weighted by atomic mass is 10.1. The summed E-state index contributed by atoms with van der Waals surface area (Å²) in [6.07, 6.45) is 1.83. The van der Waals surface area contributed by atoms with E-state index in [9.17, 15) is 9.59 Å². The molecule has 0 N–H and O–H groups in total. The number of carbonyl (C=O) groups excluding carboxylic acids is 2. The van der Waals surface area contributed by atoms with Crippen molar-refractivity contribution in [3.05, 3.63) is 35.4 Å². The largest absolute Gasteiger partial charge is 0.342 e. The molecule has 1 fully saturated rings. The first kappa shape index (κ1) is 18.9. The molecule has 6 nitrogen and oxygen atoms in total. The summed E-state index contributed by atoms with van der Waals surface area (Å²) in [6.45, 7) is 3.13. The summed E-state index contributed by atoms with van der Waals surface area (Å²) in [5, 5.41) is 9.04. The third-order valence-corrected chi connectivity index (χ3v) is 4.37. The van der Waals surface area contributed by atoms with Crippen LogP contribution < -0.4 is 0 Å². The van der Waals surface area contributed by atoms with E-state index >= 15 is 0 Å². The van der Waals surface area contributed by atoms with Gasteiger partial charge in [0.1, 0.15) is 0 Å². The SMILES string of the molecule is CN(C)CCN(Cc1cccc(C#N)c1)C(=O)CCN1CCCC1=O. The number of likely N-dealkylation sites (N-methyl/N-ethyl adjacent to an activating group) is 1. The maximum Gasteiger partial charge on any atom is 0.224 e. The zero-order valence-electron chi connectivity index (χ0n) is 15.1. The van der Waals surface area contributed by atoms with Crippen LogP contribution in [-0.4, -0.2) is 66.8 Å². The van der Waals surface area contributed by atoms with E-state index in [2.05, 4.69) is 6.07 Å². The second-order valence-electron chi connectivity index (χ2n) is 6.67. The third kappa shape index (κ3) is 5.87. The second-order valence-corrected chi connectivity index (χ2v) is 6.67. The lowest BCUT2D eigenvalue weighted by Gasteiger charge is -2.26. The number of rotatable bonds is 8. The Morgan fingerprint density at radius 2 is 2.12 bits per heavy atom. The molecule has 2 rings (SSSR count). The Kier molecular flexibility index (Phi) is 6.96. The molecule has 1 heterocycles. The van der Waals surface area contributed by atoms with E-state index in [1.807, 2.05) is 42.1 Å². The lowest BCUT2D eigenvalue weighted by molar-refractivity contribution is -0.133. The normalized spacial score (nSPS) is 14.0. The predicted octanol–water partition coefficient (Wildman–Crippen LogP) is 1.46. The van der Waals surface area contributed by atoms with Gasteiger partial charge < -0.3 is 14.7 Å². The molecule has 1 aromatic carbocycles. The molecule has 0 atom stereocenters. The number of hydrogen-bond donors (Lipinski definition) is 0. The van der Waals surface area contributed by atoms with E-state index in [-0.39, 0.29) is 11.8 Å². The molecule has 0 radical (unpaired) electrons. The van der Waals surface area contributed by atoms with Crippen LogP contribution in [0.1, 0.15) is 30.4 Å². The van der Waals surface area contributed by atoms with Crippen LogP contribution in [0, 0.1) is 11.3 Å². The highest BCUT2D eigenvalue weighted by Crippen LogP contribution is 2.12. The van der Waals surface area contributed by atoms with Crippen molar-refractivity contribution in [2.24, 2.45) is 0 Å². The minimum absolute atomic E-state index is 0.0453. The molecular formula is C19H26N4O2. The molecule has 1 aliphatic heterocycles. The Balaban J connectivity index is 1.99. The van der Waals surface area contributed by atoms with E-state index in [0.29, 0.717) is 38.0 Å². The lowest BCUT2D eigenvalue weighted by Crippen LogP contribution is -2.38. The van der Waals surface area contributed by atoms with Crippen LogP contribution in [0.4, 0.5) is 0 Å². The van der Waals surface area contributed by atoms with Crippen LogP contribution in [0.15, 0.2) is 24.3 Å². The molecule has 25 heavy (non-hydrogen) atoms. The molecule has 1 saturated heterocycles. The van der Waals surface area contributed by atoms with Crippen LogP contribution in [0.2, 0.25) is 0 Å². The van der Waals surface area contributed by atoms with Gasteiger partial charge in [-0.15, -0.1) is 0 Å². The van der Waals surface area contributed by atoms with Gasteiger partial charge in [0.25, 0.3) is 0 Å². The molecule has 6 heteroatoms. The number of hydrogen-bond acceptors (Lipinski definition) is 4. The molecule has 0 unspecified atom stereocenters. The van der Waals surface area contributed by atoms with Crippen molar-refractivity contribution in [3.8, 4) is 6.07 Å². The molecule has 2 amide bonds. The smallest absolute Gasteiger partial charge is 0.224 e. The molecular weight excluding hydrogens is 316 g/mol. The fourth-order valence-electron chi connectivity index (χ4n) is 2.90. The molecule has 0 bridgehead atoms. The topological polar surface area (TPSA) is 67.7 Å². The fraction of sp³-hybridized carbons (Fsp3) is 0.526. The quantitative estimate of drug-likeness (QED) is 0.717. The van der Waals surface area contributed by atoms with E-state index in [0.717, 1.165) is 25.1 Å². The standard InChI is InChI=1S/C19H26N4O2/c1-21(2)11-12-23(15-17-6-3-5-16(13-17)14-20)19(25)8-10-22-9-4-7-18(22)24/h3,5-6,13H,4,7-12,15H2,1-2H3. The molecule has 1 aliphatic rings. The highest BCUT2D eigenvalue weighted by Gasteiger charge is 2.22. The molecule has 1 aromatic rings. The third-order valence-electron chi connectivity index (χ3n) is 4.37. The molecule has 0 aromatic heterocycles. The van der Waals surface area contributed by atoms with Crippen molar-refractivity contribution >= 4 is 11.8 Å². The summed E-state index contributed by atoms with van der Waals surface area (Å²) in [4.78, 5) is 30.0. The first-order chi connectivity index (χ1) is 12.0. The van der Waals surface area contributed by atoms with Gasteiger partial charge in [0.15, 0.2) is 0 Å². The number of nitrogens with zero attached hydrogens (tertiary/aromatic N) is 4. The maximum atomic E-state index is 12.7. The Morgan fingerprint density at radius 3 is 2.76 bits per heavy atom. The van der Waals surface area contributed by atoms with Crippen molar-refractivity contribution in [2.75, 3.05) is 40.3 Å². The highest BCUT2D eigenvalue weighted by atomic mass is 16.2. The Labute approximate surface area is 149 Å². The Morgan fingerprint density at radius 1 is 1.32 bits per heavy atom. The van der Waals surface area contributed by atoms with E-state index in [1.54, 1.807) is 11.0 Å². The summed E-state index contributed by atoms with van der Waals surface area (Å²) in [7, 11) is 3.95. The van der Waals surface area contributed by atoms with Crippen molar-refractivity contribution in [2.45, 2.75) is 25.8 Å². The fourth-order valence-corrected chi connectivity index (χ4v) is 2.90. The van der Waals surface area contributed by atoms with E-state index in [1.165, 1.54) is 0 Å². The van der Waals surface area contributed by atoms with Crippen molar-refractivity contribution in [1.82, 2.24) is 14.7 Å². The van der Waals surface area contributed by atoms with Gasteiger partial charge >= 0.3 is 0 Å². The van der Waals surface area contributed by atoms with Gasteiger partial charge in [-0.2, -0.15) is 5.26 Å². The van der Waals surface area contributed by atoms with E-state index in [4.69, 9.17) is 5.26 Å².